The average Bonchev–Trinajstić information content (AvgIpc) is 1.63. The molecule has 0 rings (SSSR count). The SMILES string of the molecule is CC(=O)NC(C)(C)CS. The second kappa shape index (κ2) is 3.11. The number of thiol groups is 1. The molecular formula is C6H13NOS. The summed E-state index contributed by atoms with van der Waals surface area (Å²) >= 11 is 4.06. The Labute approximate surface area is 61.4 Å². The molecule has 9 heavy (non-hydrogen) atoms. The number of carbonyl (C=O) groups is 1. The molecule has 0 saturated carbocycles. The highest BCUT2D eigenvalue weighted by molar-refractivity contribution is 7.80. The first-order chi connectivity index (χ1) is 3.98. The van der Waals surface area contributed by atoms with Crippen LogP contribution in [0.1, 0.15) is 20.8 Å². The van der Waals surface area contributed by atoms with Crippen molar-refractivity contribution in [3.05, 3.63) is 0 Å². The van der Waals surface area contributed by atoms with Gasteiger partial charge in [-0.15, -0.1) is 0 Å². The Morgan fingerprint density at radius 3 is 2.22 bits per heavy atom. The molecule has 0 aromatic rings. The Bertz CT molecular complexity index is 112. The van der Waals surface area contributed by atoms with Gasteiger partial charge in [0, 0.05) is 18.2 Å². The molecule has 0 aromatic heterocycles. The minimum absolute atomic E-state index is 0.00551. The highest BCUT2D eigenvalue weighted by Gasteiger charge is 2.14. The third kappa shape index (κ3) is 4.33. The summed E-state index contributed by atoms with van der Waals surface area (Å²) in [5.41, 5.74) is -0.172. The van der Waals surface area contributed by atoms with Crippen molar-refractivity contribution in [2.75, 3.05) is 5.75 Å². The Hall–Kier alpha value is -0.180. The van der Waals surface area contributed by atoms with Gasteiger partial charge < -0.3 is 5.32 Å². The van der Waals surface area contributed by atoms with Crippen LogP contribution in [0.15, 0.2) is 0 Å². The van der Waals surface area contributed by atoms with Crippen LogP contribution in [0, 0.1) is 0 Å². The van der Waals surface area contributed by atoms with Crippen molar-refractivity contribution in [1.82, 2.24) is 5.32 Å². The lowest BCUT2D eigenvalue weighted by Crippen LogP contribution is -2.43. The summed E-state index contributed by atoms with van der Waals surface area (Å²) in [6.45, 7) is 5.37. The molecule has 1 amide bonds. The van der Waals surface area contributed by atoms with Crippen LogP contribution in [0.3, 0.4) is 0 Å². The van der Waals surface area contributed by atoms with Crippen molar-refractivity contribution in [1.29, 1.82) is 0 Å². The van der Waals surface area contributed by atoms with Gasteiger partial charge in [-0.3, -0.25) is 4.79 Å². The molecule has 0 bridgehead atoms. The summed E-state index contributed by atoms with van der Waals surface area (Å²) in [4.78, 5) is 10.5. The van der Waals surface area contributed by atoms with E-state index >= 15 is 0 Å². The molecule has 0 heterocycles. The minimum Gasteiger partial charge on any atom is -0.351 e. The Kier molecular flexibility index (Phi) is 3.04. The molecule has 2 nitrogen and oxygen atoms in total. The van der Waals surface area contributed by atoms with Gasteiger partial charge in [-0.05, 0) is 13.8 Å². The molecule has 0 aliphatic rings. The van der Waals surface area contributed by atoms with Gasteiger partial charge >= 0.3 is 0 Å². The van der Waals surface area contributed by atoms with Crippen molar-refractivity contribution in [3.8, 4) is 0 Å². The smallest absolute Gasteiger partial charge is 0.217 e. The predicted octanol–water partition coefficient (Wildman–Crippen LogP) is 0.831. The zero-order valence-electron chi connectivity index (χ0n) is 6.06. The fraction of sp³-hybridized carbons (Fsp3) is 0.833. The highest BCUT2D eigenvalue weighted by atomic mass is 32.1. The fourth-order valence-corrected chi connectivity index (χ4v) is 0.595. The summed E-state index contributed by atoms with van der Waals surface area (Å²) in [7, 11) is 0. The normalized spacial score (nSPS) is 11.1. The van der Waals surface area contributed by atoms with Crippen molar-refractivity contribution < 1.29 is 4.79 Å². The van der Waals surface area contributed by atoms with Crippen LogP contribution in [0.4, 0.5) is 0 Å². The standard InChI is InChI=1S/C6H13NOS/c1-5(8)7-6(2,3)4-9/h9H,4H2,1-3H3,(H,7,8). The van der Waals surface area contributed by atoms with Gasteiger partial charge in [-0.2, -0.15) is 12.6 Å². The van der Waals surface area contributed by atoms with Gasteiger partial charge in [0.05, 0.1) is 0 Å². The van der Waals surface area contributed by atoms with E-state index in [9.17, 15) is 4.79 Å². The largest absolute Gasteiger partial charge is 0.351 e. The van der Waals surface area contributed by atoms with E-state index in [-0.39, 0.29) is 11.4 Å². The number of amides is 1. The second-order valence-corrected chi connectivity index (χ2v) is 3.04. The molecule has 0 radical (unpaired) electrons. The van der Waals surface area contributed by atoms with Crippen LogP contribution in [0.2, 0.25) is 0 Å². The quantitative estimate of drug-likeness (QED) is 0.557. The lowest BCUT2D eigenvalue weighted by Gasteiger charge is -2.22. The van der Waals surface area contributed by atoms with Crippen LogP contribution in [0.5, 0.6) is 0 Å². The summed E-state index contributed by atoms with van der Waals surface area (Å²) in [6.07, 6.45) is 0. The van der Waals surface area contributed by atoms with Gasteiger partial charge in [-0.25, -0.2) is 0 Å². The summed E-state index contributed by atoms with van der Waals surface area (Å²) < 4.78 is 0. The monoisotopic (exact) mass is 147 g/mol. The Morgan fingerprint density at radius 2 is 2.11 bits per heavy atom. The molecule has 0 atom stereocenters. The fourth-order valence-electron chi connectivity index (χ4n) is 0.516. The van der Waals surface area contributed by atoms with Crippen molar-refractivity contribution in [3.63, 3.8) is 0 Å². The number of nitrogens with one attached hydrogen (secondary N) is 1. The molecule has 0 aromatic carbocycles. The second-order valence-electron chi connectivity index (χ2n) is 2.72. The van der Waals surface area contributed by atoms with E-state index in [1.54, 1.807) is 0 Å². The topological polar surface area (TPSA) is 29.1 Å². The molecule has 0 aliphatic heterocycles. The summed E-state index contributed by atoms with van der Waals surface area (Å²) in [5.74, 6) is 0.654. The van der Waals surface area contributed by atoms with E-state index in [0.29, 0.717) is 5.75 Å². The number of hydrogen-bond donors (Lipinski definition) is 2. The first kappa shape index (κ1) is 8.82. The van der Waals surface area contributed by atoms with Gasteiger partial charge in [0.25, 0.3) is 0 Å². The van der Waals surface area contributed by atoms with E-state index in [2.05, 4.69) is 17.9 Å². The maximum absolute atomic E-state index is 10.5. The van der Waals surface area contributed by atoms with Gasteiger partial charge in [0.1, 0.15) is 0 Å². The van der Waals surface area contributed by atoms with Gasteiger partial charge in [0.2, 0.25) is 5.91 Å². The average molecular weight is 147 g/mol. The van der Waals surface area contributed by atoms with Crippen molar-refractivity contribution in [2.24, 2.45) is 0 Å². The molecule has 3 heteroatoms. The molecule has 0 aliphatic carbocycles. The van der Waals surface area contributed by atoms with Crippen molar-refractivity contribution >= 4 is 18.5 Å². The zero-order valence-corrected chi connectivity index (χ0v) is 6.96. The third-order valence-electron chi connectivity index (χ3n) is 0.910. The first-order valence-electron chi connectivity index (χ1n) is 2.87. The van der Waals surface area contributed by atoms with E-state index in [0.717, 1.165) is 0 Å². The molecule has 54 valence electrons. The lowest BCUT2D eigenvalue weighted by atomic mass is 10.1. The van der Waals surface area contributed by atoms with Crippen LogP contribution < -0.4 is 5.32 Å². The third-order valence-corrected chi connectivity index (χ3v) is 1.70. The number of rotatable bonds is 2. The minimum atomic E-state index is -0.172. The Morgan fingerprint density at radius 1 is 1.67 bits per heavy atom. The van der Waals surface area contributed by atoms with Crippen molar-refractivity contribution in [2.45, 2.75) is 26.3 Å². The number of hydrogen-bond acceptors (Lipinski definition) is 2. The van der Waals surface area contributed by atoms with E-state index in [4.69, 9.17) is 0 Å². The van der Waals surface area contributed by atoms with Gasteiger partial charge in [-0.1, -0.05) is 0 Å². The molecule has 1 N–H and O–H groups in total. The van der Waals surface area contributed by atoms with Crippen LogP contribution >= 0.6 is 12.6 Å². The Balaban J connectivity index is 3.71. The van der Waals surface area contributed by atoms with E-state index in [1.807, 2.05) is 13.8 Å². The van der Waals surface area contributed by atoms with Crippen LogP contribution in [0.25, 0.3) is 0 Å². The lowest BCUT2D eigenvalue weighted by molar-refractivity contribution is -0.120. The van der Waals surface area contributed by atoms with Gasteiger partial charge in [0.15, 0.2) is 0 Å². The van der Waals surface area contributed by atoms with Crippen LogP contribution in [-0.4, -0.2) is 17.2 Å². The van der Waals surface area contributed by atoms with E-state index < -0.39 is 0 Å². The molecule has 0 saturated heterocycles. The molecule has 0 unspecified atom stereocenters. The maximum Gasteiger partial charge on any atom is 0.217 e. The number of carbonyl (C=O) groups excluding carboxylic acids is 1. The van der Waals surface area contributed by atoms with Crippen LogP contribution in [-0.2, 0) is 4.79 Å². The predicted molar refractivity (Wildman–Crippen MR) is 41.7 cm³/mol. The molecular weight excluding hydrogens is 134 g/mol. The zero-order chi connectivity index (χ0) is 7.49. The van der Waals surface area contributed by atoms with E-state index in [1.165, 1.54) is 6.92 Å². The maximum atomic E-state index is 10.5. The first-order valence-corrected chi connectivity index (χ1v) is 3.51. The highest BCUT2D eigenvalue weighted by Crippen LogP contribution is 2.02. The summed E-state index contributed by atoms with van der Waals surface area (Å²) in [5, 5.41) is 2.75. The summed E-state index contributed by atoms with van der Waals surface area (Å²) in [6, 6.07) is 0. The molecule has 0 spiro atoms. The molecule has 0 fully saturated rings.